The lowest BCUT2D eigenvalue weighted by atomic mass is 9.81. The van der Waals surface area contributed by atoms with Crippen LogP contribution in [0.15, 0.2) is 35.5 Å². The van der Waals surface area contributed by atoms with E-state index in [0.29, 0.717) is 21.4 Å². The third-order valence-electron chi connectivity index (χ3n) is 5.24. The van der Waals surface area contributed by atoms with Crippen molar-refractivity contribution in [2.45, 2.75) is 24.8 Å². The van der Waals surface area contributed by atoms with Gasteiger partial charge in [0, 0.05) is 23.2 Å². The Morgan fingerprint density at radius 2 is 2.18 bits per heavy atom. The summed E-state index contributed by atoms with van der Waals surface area (Å²) < 4.78 is 14.8. The lowest BCUT2D eigenvalue weighted by molar-refractivity contribution is 0.102. The highest BCUT2D eigenvalue weighted by atomic mass is 35.5. The van der Waals surface area contributed by atoms with Crippen molar-refractivity contribution in [1.29, 1.82) is 0 Å². The molecule has 2 unspecified atom stereocenters. The van der Waals surface area contributed by atoms with Gasteiger partial charge in [0.2, 0.25) is 0 Å². The summed E-state index contributed by atoms with van der Waals surface area (Å²) in [7, 11) is 0. The average Bonchev–Trinajstić information content (AvgIpc) is 3.07. The molecule has 3 N–H and O–H groups in total. The molecule has 4 rings (SSSR count). The Kier molecular flexibility index (Phi) is 5.24. The number of carbonyl (C=O) groups is 1. The highest BCUT2D eigenvalue weighted by Crippen LogP contribution is 2.51. The van der Waals surface area contributed by atoms with Crippen molar-refractivity contribution in [2.75, 3.05) is 11.1 Å². The van der Waals surface area contributed by atoms with E-state index in [-0.39, 0.29) is 22.5 Å². The number of rotatable bonds is 3. The average molecular weight is 439 g/mol. The minimum absolute atomic E-state index is 0.0465. The van der Waals surface area contributed by atoms with E-state index in [1.807, 2.05) is 0 Å². The van der Waals surface area contributed by atoms with Gasteiger partial charge in [0.1, 0.15) is 11.5 Å². The van der Waals surface area contributed by atoms with Crippen LogP contribution >= 0.6 is 35.0 Å². The summed E-state index contributed by atoms with van der Waals surface area (Å²) in [6.07, 6.45) is 4.02. The Morgan fingerprint density at radius 1 is 1.36 bits per heavy atom. The van der Waals surface area contributed by atoms with Gasteiger partial charge in [-0.15, -0.1) is 0 Å². The summed E-state index contributed by atoms with van der Waals surface area (Å²) in [5.41, 5.74) is 6.26. The predicted molar refractivity (Wildman–Crippen MR) is 112 cm³/mol. The van der Waals surface area contributed by atoms with Crippen molar-refractivity contribution in [3.63, 3.8) is 0 Å². The van der Waals surface area contributed by atoms with E-state index in [4.69, 9.17) is 28.9 Å². The molecule has 1 aromatic heterocycles. The maximum absolute atomic E-state index is 14.8. The second-order valence-corrected chi connectivity index (χ2v) is 8.79. The van der Waals surface area contributed by atoms with E-state index in [0.717, 1.165) is 25.0 Å². The number of hydrogen-bond donors (Lipinski definition) is 2. The highest BCUT2D eigenvalue weighted by molar-refractivity contribution is 8.13. The van der Waals surface area contributed by atoms with E-state index < -0.39 is 11.4 Å². The number of aromatic nitrogens is 1. The lowest BCUT2D eigenvalue weighted by Gasteiger charge is -2.36. The van der Waals surface area contributed by atoms with Crippen molar-refractivity contribution in [3.8, 4) is 0 Å². The van der Waals surface area contributed by atoms with E-state index in [2.05, 4.69) is 15.3 Å². The number of pyridine rings is 1. The summed E-state index contributed by atoms with van der Waals surface area (Å²) in [6.45, 7) is 0. The maximum Gasteiger partial charge on any atom is 0.275 e. The van der Waals surface area contributed by atoms with E-state index in [1.165, 1.54) is 36.2 Å². The van der Waals surface area contributed by atoms with Crippen molar-refractivity contribution in [3.05, 3.63) is 57.6 Å². The number of thioether (sulfide) groups is 1. The molecule has 1 aromatic carbocycles. The number of aliphatic imine (C=N–C) groups is 1. The first-order valence-corrected chi connectivity index (χ1v) is 10.5. The van der Waals surface area contributed by atoms with E-state index >= 15 is 0 Å². The number of nitrogens with one attached hydrogen (secondary N) is 1. The molecule has 2 atom stereocenters. The summed E-state index contributed by atoms with van der Waals surface area (Å²) in [6, 6.07) is 5.94. The Bertz CT molecular complexity index is 986. The molecule has 5 nitrogen and oxygen atoms in total. The highest BCUT2D eigenvalue weighted by Gasteiger charge is 2.48. The molecule has 2 heterocycles. The molecule has 1 aliphatic heterocycles. The van der Waals surface area contributed by atoms with Crippen molar-refractivity contribution < 1.29 is 9.18 Å². The number of amidine groups is 1. The molecule has 0 bridgehead atoms. The molecule has 1 fully saturated rings. The second kappa shape index (κ2) is 7.54. The van der Waals surface area contributed by atoms with Crippen molar-refractivity contribution in [1.82, 2.24) is 4.98 Å². The molecule has 0 radical (unpaired) electrons. The number of benzene rings is 1. The van der Waals surface area contributed by atoms with Crippen molar-refractivity contribution >= 4 is 51.7 Å². The largest absolute Gasteiger partial charge is 0.379 e. The normalized spacial score (nSPS) is 23.8. The fourth-order valence-corrected chi connectivity index (χ4v) is 5.47. The summed E-state index contributed by atoms with van der Waals surface area (Å²) in [5.74, 6) is 0.186. The number of carbonyl (C=O) groups excluding carboxylic acids is 1. The quantitative estimate of drug-likeness (QED) is 0.718. The van der Waals surface area contributed by atoms with E-state index in [9.17, 15) is 9.18 Å². The van der Waals surface area contributed by atoms with E-state index in [1.54, 1.807) is 6.07 Å². The Labute approximate surface area is 175 Å². The van der Waals surface area contributed by atoms with Crippen LogP contribution in [-0.4, -0.2) is 21.8 Å². The van der Waals surface area contributed by atoms with Crippen LogP contribution in [0.25, 0.3) is 0 Å². The van der Waals surface area contributed by atoms with Gasteiger partial charge in [-0.05, 0) is 43.0 Å². The predicted octanol–water partition coefficient (Wildman–Crippen LogP) is 4.84. The second-order valence-electron chi connectivity index (χ2n) is 6.91. The van der Waals surface area contributed by atoms with Gasteiger partial charge in [0.25, 0.3) is 5.91 Å². The van der Waals surface area contributed by atoms with Gasteiger partial charge in [-0.2, -0.15) is 0 Å². The Hall–Kier alpha value is -1.83. The topological polar surface area (TPSA) is 80.4 Å². The van der Waals surface area contributed by atoms with Crippen LogP contribution in [0.3, 0.4) is 0 Å². The molecule has 1 aliphatic carbocycles. The zero-order chi connectivity index (χ0) is 19.9. The molecule has 2 aliphatic rings. The van der Waals surface area contributed by atoms with Gasteiger partial charge < -0.3 is 11.1 Å². The Morgan fingerprint density at radius 3 is 2.96 bits per heavy atom. The molecular formula is C19H17Cl2FN4OS. The standard InChI is InChI=1S/C19H17Cl2FN4OS/c20-11-6-14(21)16(24-8-11)17(27)25-12-3-4-15(22)13(7-12)19-5-1-2-10(19)9-28-18(23)26-19/h3-4,6-8,10H,1-2,5,9H2,(H2,23,26)(H,25,27). The molecule has 9 heteroatoms. The van der Waals surface area contributed by atoms with Gasteiger partial charge in [0.15, 0.2) is 5.17 Å². The zero-order valence-electron chi connectivity index (χ0n) is 14.7. The van der Waals surface area contributed by atoms with Crippen LogP contribution < -0.4 is 11.1 Å². The first kappa shape index (κ1) is 19.5. The SMILES string of the molecule is NC1=NC2(c3cc(NC(=O)c4ncc(Cl)cc4Cl)ccc3F)CCCC2CS1. The van der Waals surface area contributed by atoms with Crippen LogP contribution in [0.4, 0.5) is 10.1 Å². The molecule has 0 saturated heterocycles. The maximum atomic E-state index is 14.8. The molecule has 0 spiro atoms. The first-order valence-electron chi connectivity index (χ1n) is 8.79. The number of hydrogen-bond acceptors (Lipinski definition) is 5. The van der Waals surface area contributed by atoms with Crippen LogP contribution in [0.1, 0.15) is 35.3 Å². The molecule has 28 heavy (non-hydrogen) atoms. The number of anilines is 1. The molecule has 146 valence electrons. The van der Waals surface area contributed by atoms with Crippen LogP contribution in [-0.2, 0) is 5.54 Å². The Balaban J connectivity index is 1.68. The monoisotopic (exact) mass is 438 g/mol. The number of nitrogens with zero attached hydrogens (tertiary/aromatic N) is 2. The summed E-state index contributed by atoms with van der Waals surface area (Å²) >= 11 is 13.4. The number of nitrogens with two attached hydrogens (primary N) is 1. The fraction of sp³-hybridized carbons (Fsp3) is 0.316. The van der Waals surface area contributed by atoms with Gasteiger partial charge in [0.05, 0.1) is 15.6 Å². The van der Waals surface area contributed by atoms with Gasteiger partial charge in [-0.25, -0.2) is 9.37 Å². The van der Waals surface area contributed by atoms with Crippen LogP contribution in [0.5, 0.6) is 0 Å². The fourth-order valence-electron chi connectivity index (χ4n) is 3.97. The number of amides is 1. The molecule has 2 aromatic rings. The molecule has 1 amide bonds. The lowest BCUT2D eigenvalue weighted by Crippen LogP contribution is -2.37. The van der Waals surface area contributed by atoms with Gasteiger partial charge >= 0.3 is 0 Å². The van der Waals surface area contributed by atoms with Crippen LogP contribution in [0, 0.1) is 11.7 Å². The van der Waals surface area contributed by atoms with Gasteiger partial charge in [-0.3, -0.25) is 9.79 Å². The molecule has 1 saturated carbocycles. The van der Waals surface area contributed by atoms with Crippen molar-refractivity contribution in [2.24, 2.45) is 16.6 Å². The number of fused-ring (bicyclic) bond motifs is 1. The third kappa shape index (κ3) is 3.47. The molecular weight excluding hydrogens is 422 g/mol. The smallest absolute Gasteiger partial charge is 0.275 e. The third-order valence-corrected chi connectivity index (χ3v) is 6.69. The minimum Gasteiger partial charge on any atom is -0.379 e. The minimum atomic E-state index is -0.670. The summed E-state index contributed by atoms with van der Waals surface area (Å²) in [4.78, 5) is 21.2. The summed E-state index contributed by atoms with van der Waals surface area (Å²) in [5, 5.41) is 3.69. The zero-order valence-corrected chi connectivity index (χ0v) is 17.0. The number of halogens is 3. The van der Waals surface area contributed by atoms with Crippen LogP contribution in [0.2, 0.25) is 10.0 Å². The van der Waals surface area contributed by atoms with Gasteiger partial charge in [-0.1, -0.05) is 41.4 Å². The first-order chi connectivity index (χ1) is 13.4.